The zero-order valence-electron chi connectivity index (χ0n) is 14.4. The molecule has 1 aromatic rings. The van der Waals surface area contributed by atoms with E-state index < -0.39 is 12.0 Å². The minimum Gasteiger partial charge on any atom is -0.466 e. The maximum Gasteiger partial charge on any atom is 0.318 e. The molecule has 3 N–H and O–H groups in total. The Morgan fingerprint density at radius 3 is 2.88 bits per heavy atom. The van der Waals surface area contributed by atoms with E-state index in [1.807, 2.05) is 13.0 Å². The number of furan rings is 1. The third-order valence-corrected chi connectivity index (χ3v) is 4.70. The lowest BCUT2D eigenvalue weighted by Crippen LogP contribution is -2.54. The van der Waals surface area contributed by atoms with Crippen LogP contribution in [0.25, 0.3) is 0 Å². The third kappa shape index (κ3) is 3.40. The van der Waals surface area contributed by atoms with Gasteiger partial charge in [-0.15, -0.1) is 0 Å². The molecule has 1 aliphatic carbocycles. The number of fused-ring (bicyclic) bond motifs is 1. The molecule has 3 rings (SSSR count). The van der Waals surface area contributed by atoms with E-state index in [9.17, 15) is 9.59 Å². The first-order valence-electron chi connectivity index (χ1n) is 8.31. The van der Waals surface area contributed by atoms with Gasteiger partial charge in [0.25, 0.3) is 0 Å². The number of hydrogen-bond acceptors (Lipinski definition) is 4. The summed E-state index contributed by atoms with van der Waals surface area (Å²) in [6.07, 6.45) is 0.969. The van der Waals surface area contributed by atoms with Crippen LogP contribution in [0, 0.1) is 12.3 Å². The van der Waals surface area contributed by atoms with Crippen molar-refractivity contribution in [2.45, 2.75) is 45.8 Å². The number of aryl methyl sites for hydroxylation is 1. The topological polar surface area (TPSA) is 97.8 Å². The van der Waals surface area contributed by atoms with E-state index in [-0.39, 0.29) is 24.0 Å². The van der Waals surface area contributed by atoms with Crippen LogP contribution in [-0.4, -0.2) is 42.6 Å². The number of rotatable bonds is 2. The summed E-state index contributed by atoms with van der Waals surface area (Å²) in [7, 11) is 0. The largest absolute Gasteiger partial charge is 0.466 e. The minimum atomic E-state index is -0.737. The Bertz CT molecular complexity index is 652. The van der Waals surface area contributed by atoms with E-state index >= 15 is 0 Å². The molecule has 0 aromatic carbocycles. The van der Waals surface area contributed by atoms with Crippen LogP contribution in [0.1, 0.15) is 43.4 Å². The predicted octanol–water partition coefficient (Wildman–Crippen LogP) is 1.50. The van der Waals surface area contributed by atoms with Gasteiger partial charge in [0.1, 0.15) is 11.5 Å². The number of carbonyl (C=O) groups is 2. The van der Waals surface area contributed by atoms with Crippen molar-refractivity contribution in [1.82, 2.24) is 10.2 Å². The number of carbonyl (C=O) groups excluding carboxylic acids is 2. The van der Waals surface area contributed by atoms with Gasteiger partial charge in [-0.05, 0) is 24.8 Å². The molecular weight excluding hydrogens is 310 g/mol. The highest BCUT2D eigenvalue weighted by Crippen LogP contribution is 2.42. The molecule has 2 aliphatic rings. The second kappa shape index (κ2) is 6.12. The van der Waals surface area contributed by atoms with E-state index in [1.165, 1.54) is 0 Å². The maximum absolute atomic E-state index is 12.6. The van der Waals surface area contributed by atoms with E-state index in [1.54, 1.807) is 4.90 Å². The van der Waals surface area contributed by atoms with Crippen molar-refractivity contribution in [2.24, 2.45) is 11.1 Å². The summed E-state index contributed by atoms with van der Waals surface area (Å²) in [5.41, 5.74) is 6.39. The van der Waals surface area contributed by atoms with E-state index in [2.05, 4.69) is 19.2 Å². The first kappa shape index (κ1) is 16.8. The van der Waals surface area contributed by atoms with E-state index in [4.69, 9.17) is 14.9 Å². The van der Waals surface area contributed by atoms with Crippen molar-refractivity contribution in [3.8, 4) is 0 Å². The number of nitrogens with zero attached hydrogens (tertiary/aromatic N) is 1. The molecule has 2 unspecified atom stereocenters. The lowest BCUT2D eigenvalue weighted by atomic mass is 9.75. The average molecular weight is 335 g/mol. The van der Waals surface area contributed by atoms with Crippen LogP contribution in [0.5, 0.6) is 0 Å². The Kier molecular flexibility index (Phi) is 4.29. The number of urea groups is 1. The molecular formula is C17H25N3O4. The molecule has 7 nitrogen and oxygen atoms in total. The van der Waals surface area contributed by atoms with Crippen molar-refractivity contribution in [3.05, 3.63) is 23.2 Å². The van der Waals surface area contributed by atoms with Gasteiger partial charge in [0.15, 0.2) is 6.10 Å². The van der Waals surface area contributed by atoms with Crippen LogP contribution in [0.4, 0.5) is 4.79 Å². The molecule has 1 saturated heterocycles. The number of ether oxygens (including phenoxy) is 1. The minimum absolute atomic E-state index is 0.0516. The normalized spacial score (nSPS) is 25.9. The SMILES string of the molecule is Cc1cc2c(o1)CC(C)(C)CC2NC(=O)N1CCOC(C(N)=O)C1. The number of nitrogens with two attached hydrogens (primary N) is 1. The van der Waals surface area contributed by atoms with Crippen LogP contribution in [0.3, 0.4) is 0 Å². The Balaban J connectivity index is 1.73. The van der Waals surface area contributed by atoms with Gasteiger partial charge in [-0.1, -0.05) is 13.8 Å². The third-order valence-electron chi connectivity index (χ3n) is 4.70. The van der Waals surface area contributed by atoms with Crippen LogP contribution in [-0.2, 0) is 16.0 Å². The van der Waals surface area contributed by atoms with Gasteiger partial charge < -0.3 is 25.1 Å². The van der Waals surface area contributed by atoms with Gasteiger partial charge in [-0.3, -0.25) is 4.79 Å². The van der Waals surface area contributed by atoms with Crippen molar-refractivity contribution >= 4 is 11.9 Å². The fourth-order valence-electron chi connectivity index (χ4n) is 3.56. The number of primary amides is 1. The van der Waals surface area contributed by atoms with Crippen LogP contribution >= 0.6 is 0 Å². The Hall–Kier alpha value is -2.02. The summed E-state index contributed by atoms with van der Waals surface area (Å²) in [5, 5.41) is 3.09. The second-order valence-electron chi connectivity index (χ2n) is 7.49. The van der Waals surface area contributed by atoms with Crippen molar-refractivity contribution in [1.29, 1.82) is 0 Å². The smallest absolute Gasteiger partial charge is 0.318 e. The summed E-state index contributed by atoms with van der Waals surface area (Å²) in [5.74, 6) is 1.27. The maximum atomic E-state index is 12.6. The molecule has 2 atom stereocenters. The molecule has 0 bridgehead atoms. The van der Waals surface area contributed by atoms with Gasteiger partial charge in [0, 0.05) is 18.5 Å². The van der Waals surface area contributed by atoms with Crippen LogP contribution < -0.4 is 11.1 Å². The van der Waals surface area contributed by atoms with Crippen LogP contribution in [0.2, 0.25) is 0 Å². The molecule has 1 fully saturated rings. The zero-order valence-corrected chi connectivity index (χ0v) is 14.4. The summed E-state index contributed by atoms with van der Waals surface area (Å²) in [6.45, 7) is 7.21. The molecule has 132 valence electrons. The first-order valence-corrected chi connectivity index (χ1v) is 8.31. The summed E-state index contributed by atoms with van der Waals surface area (Å²) < 4.78 is 11.1. The van der Waals surface area contributed by atoms with Crippen molar-refractivity contribution < 1.29 is 18.7 Å². The molecule has 3 amide bonds. The number of nitrogens with one attached hydrogen (secondary N) is 1. The first-order chi connectivity index (χ1) is 11.2. The highest BCUT2D eigenvalue weighted by molar-refractivity contribution is 5.81. The zero-order chi connectivity index (χ0) is 17.5. The van der Waals surface area contributed by atoms with Gasteiger partial charge in [-0.25, -0.2) is 4.79 Å². The molecule has 0 saturated carbocycles. The quantitative estimate of drug-likeness (QED) is 0.855. The summed E-state index contributed by atoms with van der Waals surface area (Å²) in [4.78, 5) is 25.5. The monoisotopic (exact) mass is 335 g/mol. The Labute approximate surface area is 141 Å². The standard InChI is InChI=1S/C17H25N3O4/c1-10-6-11-12(7-17(2,3)8-13(11)24-10)19-16(22)20-4-5-23-14(9-20)15(18)21/h6,12,14H,4-5,7-9H2,1-3H3,(H2,18,21)(H,19,22). The van der Waals surface area contributed by atoms with Gasteiger partial charge in [0.2, 0.25) is 5.91 Å². The van der Waals surface area contributed by atoms with Crippen molar-refractivity contribution in [3.63, 3.8) is 0 Å². The molecule has 2 heterocycles. The fraction of sp³-hybridized carbons (Fsp3) is 0.647. The highest BCUT2D eigenvalue weighted by Gasteiger charge is 2.37. The fourth-order valence-corrected chi connectivity index (χ4v) is 3.56. The molecule has 7 heteroatoms. The van der Waals surface area contributed by atoms with Gasteiger partial charge >= 0.3 is 6.03 Å². The van der Waals surface area contributed by atoms with E-state index in [0.717, 1.165) is 29.9 Å². The molecule has 1 aliphatic heterocycles. The Morgan fingerprint density at radius 2 is 2.17 bits per heavy atom. The van der Waals surface area contributed by atoms with Crippen LogP contribution in [0.15, 0.2) is 10.5 Å². The second-order valence-corrected chi connectivity index (χ2v) is 7.49. The number of amides is 3. The number of morpholine rings is 1. The Morgan fingerprint density at radius 1 is 1.42 bits per heavy atom. The summed E-state index contributed by atoms with van der Waals surface area (Å²) in [6, 6.07) is 1.71. The van der Waals surface area contributed by atoms with E-state index in [0.29, 0.717) is 13.2 Å². The highest BCUT2D eigenvalue weighted by atomic mass is 16.5. The van der Waals surface area contributed by atoms with Gasteiger partial charge in [-0.2, -0.15) is 0 Å². The van der Waals surface area contributed by atoms with Gasteiger partial charge in [0.05, 0.1) is 19.2 Å². The molecule has 0 radical (unpaired) electrons. The van der Waals surface area contributed by atoms with Crippen molar-refractivity contribution in [2.75, 3.05) is 19.7 Å². The molecule has 0 spiro atoms. The lowest BCUT2D eigenvalue weighted by molar-refractivity contribution is -0.133. The number of hydrogen-bond donors (Lipinski definition) is 2. The summed E-state index contributed by atoms with van der Waals surface area (Å²) >= 11 is 0. The lowest BCUT2D eigenvalue weighted by Gasteiger charge is -2.37. The molecule has 24 heavy (non-hydrogen) atoms. The average Bonchev–Trinajstić information content (AvgIpc) is 2.86. The predicted molar refractivity (Wildman–Crippen MR) is 87.3 cm³/mol. The molecule has 1 aromatic heterocycles.